The Bertz CT molecular complexity index is 1480. The maximum Gasteiger partial charge on any atom is 0.468 e. The minimum atomic E-state index is -1.13. The fourth-order valence-electron chi connectivity index (χ4n) is 4.90. The predicted molar refractivity (Wildman–Crippen MR) is 166 cm³/mol. The maximum absolute atomic E-state index is 13.0. The molecule has 226 valence electrons. The van der Waals surface area contributed by atoms with Crippen LogP contribution < -0.4 is 5.32 Å². The number of anilines is 1. The fraction of sp³-hybridized carbons (Fsp3) is 0.290. The summed E-state index contributed by atoms with van der Waals surface area (Å²) < 4.78 is 5.50. The number of hydrogen-bond acceptors (Lipinski definition) is 10. The zero-order valence-electron chi connectivity index (χ0n) is 24.0. The van der Waals surface area contributed by atoms with Crippen LogP contribution in [0, 0.1) is 0 Å². The first kappa shape index (κ1) is 31.3. The number of carboxylic acid groups (broad SMARTS) is 1. The molecule has 0 unspecified atom stereocenters. The topological polar surface area (TPSA) is 151 Å². The van der Waals surface area contributed by atoms with Crippen LogP contribution in [0.5, 0.6) is 0 Å². The highest BCUT2D eigenvalue weighted by Gasteiger charge is 2.37. The number of pyridine rings is 4. The smallest absolute Gasteiger partial charge is 0.468 e. The van der Waals surface area contributed by atoms with Crippen LogP contribution in [-0.4, -0.2) is 65.2 Å². The Morgan fingerprint density at radius 1 is 0.886 bits per heavy atom. The van der Waals surface area contributed by atoms with E-state index in [2.05, 4.69) is 30.2 Å². The summed E-state index contributed by atoms with van der Waals surface area (Å²) in [5.41, 5.74) is 4.08. The molecule has 0 aromatic carbocycles. The van der Waals surface area contributed by atoms with Crippen molar-refractivity contribution in [3.8, 4) is 0 Å². The lowest BCUT2D eigenvalue weighted by Crippen LogP contribution is -2.42. The number of aliphatic carboxylic acids is 1. The third-order valence-electron chi connectivity index (χ3n) is 6.99. The minimum absolute atomic E-state index is 0.129. The molecule has 0 bridgehead atoms. The van der Waals surface area contributed by atoms with Gasteiger partial charge in [0.15, 0.2) is 0 Å². The van der Waals surface area contributed by atoms with Gasteiger partial charge in [0.05, 0.1) is 41.7 Å². The molecule has 1 aliphatic heterocycles. The van der Waals surface area contributed by atoms with Crippen molar-refractivity contribution in [2.75, 3.05) is 5.32 Å². The van der Waals surface area contributed by atoms with Gasteiger partial charge in [0.2, 0.25) is 5.91 Å². The fourth-order valence-corrected chi connectivity index (χ4v) is 5.99. The lowest BCUT2D eigenvalue weighted by molar-refractivity contribution is -0.139. The van der Waals surface area contributed by atoms with Crippen molar-refractivity contribution in [3.63, 3.8) is 0 Å². The van der Waals surface area contributed by atoms with Crippen molar-refractivity contribution in [2.45, 2.75) is 61.6 Å². The molecule has 2 atom stereocenters. The lowest BCUT2D eigenvalue weighted by atomic mass is 9.77. The van der Waals surface area contributed by atoms with Crippen LogP contribution in [0.2, 0.25) is 0 Å². The molecule has 1 amide bonds. The van der Waals surface area contributed by atoms with E-state index >= 15 is 0 Å². The van der Waals surface area contributed by atoms with Crippen molar-refractivity contribution < 1.29 is 24.4 Å². The van der Waals surface area contributed by atoms with Gasteiger partial charge in [-0.2, -0.15) is 0 Å². The molecule has 0 radical (unpaired) electrons. The monoisotopic (exact) mass is 612 g/mol. The Labute approximate surface area is 260 Å². The summed E-state index contributed by atoms with van der Waals surface area (Å²) in [6, 6.07) is 19.1. The highest BCUT2D eigenvalue weighted by molar-refractivity contribution is 8.01. The summed E-state index contributed by atoms with van der Waals surface area (Å²) in [6.07, 6.45) is 7.44. The van der Waals surface area contributed by atoms with E-state index in [0.717, 1.165) is 22.6 Å². The van der Waals surface area contributed by atoms with E-state index in [1.807, 2.05) is 48.5 Å². The summed E-state index contributed by atoms with van der Waals surface area (Å²) in [5.74, 6) is -1.18. The van der Waals surface area contributed by atoms with Crippen LogP contribution in [-0.2, 0) is 40.3 Å². The van der Waals surface area contributed by atoms with Gasteiger partial charge in [-0.1, -0.05) is 18.2 Å². The summed E-state index contributed by atoms with van der Waals surface area (Å²) in [5, 5.41) is 22.6. The Kier molecular flexibility index (Phi) is 11.0. The third-order valence-corrected chi connectivity index (χ3v) is 8.31. The van der Waals surface area contributed by atoms with E-state index in [-0.39, 0.29) is 23.9 Å². The molecule has 0 saturated carbocycles. The molecule has 1 saturated heterocycles. The summed E-state index contributed by atoms with van der Waals surface area (Å²) in [6.45, 7) is 1.87. The second kappa shape index (κ2) is 15.5. The molecule has 5 rings (SSSR count). The number of aromatic nitrogens is 4. The normalized spacial score (nSPS) is 16.5. The number of hydrogen-bond donors (Lipinski definition) is 3. The van der Waals surface area contributed by atoms with E-state index in [1.54, 1.807) is 36.9 Å². The number of nitrogens with one attached hydrogen (secondary N) is 1. The molecular weight excluding hydrogens is 579 g/mol. The Balaban J connectivity index is 1.17. The molecular formula is C31H33BN6O5S. The number of carbonyl (C=O) groups excluding carboxylic acids is 1. The second-order valence-corrected chi connectivity index (χ2v) is 11.7. The minimum Gasteiger partial charge on any atom is -0.481 e. The molecule has 1 aliphatic rings. The molecule has 4 aromatic heterocycles. The second-order valence-electron chi connectivity index (χ2n) is 10.5. The quantitative estimate of drug-likeness (QED) is 0.189. The first-order chi connectivity index (χ1) is 21.4. The highest BCUT2D eigenvalue weighted by Crippen LogP contribution is 2.35. The molecule has 13 heteroatoms. The molecule has 5 heterocycles. The molecule has 1 fully saturated rings. The number of amides is 1. The first-order valence-corrected chi connectivity index (χ1v) is 15.2. The van der Waals surface area contributed by atoms with Gasteiger partial charge in [-0.15, -0.1) is 11.8 Å². The van der Waals surface area contributed by atoms with Gasteiger partial charge < -0.3 is 20.1 Å². The van der Waals surface area contributed by atoms with Crippen LogP contribution in [0.3, 0.4) is 0 Å². The molecule has 3 N–H and O–H groups in total. The predicted octanol–water partition coefficient (Wildman–Crippen LogP) is 3.78. The van der Waals surface area contributed by atoms with Gasteiger partial charge in [0, 0.05) is 49.6 Å². The van der Waals surface area contributed by atoms with Crippen LogP contribution in [0.15, 0.2) is 90.5 Å². The van der Waals surface area contributed by atoms with Crippen LogP contribution in [0.1, 0.15) is 41.9 Å². The summed E-state index contributed by atoms with van der Waals surface area (Å²) in [4.78, 5) is 44.1. The average molecular weight is 613 g/mol. The van der Waals surface area contributed by atoms with Crippen LogP contribution in [0.25, 0.3) is 0 Å². The van der Waals surface area contributed by atoms with Crippen LogP contribution >= 0.6 is 11.8 Å². The number of nitrogens with zero attached hydrogens (tertiary/aromatic N) is 5. The molecule has 44 heavy (non-hydrogen) atoms. The van der Waals surface area contributed by atoms with E-state index in [4.69, 9.17) is 9.76 Å². The van der Waals surface area contributed by atoms with Crippen LogP contribution in [0.4, 0.5) is 5.69 Å². The van der Waals surface area contributed by atoms with Gasteiger partial charge in [-0.05, 0) is 60.9 Å². The van der Waals surface area contributed by atoms with Crippen molar-refractivity contribution >= 4 is 36.4 Å². The largest absolute Gasteiger partial charge is 0.481 e. The standard InChI is InChI=1S/C31H33BN6O5S/c39-29(37-27-8-5-15-35-31(27)44-28-12-11-26(17-30(40)41)43-32(28)42)16-22-9-10-25(36-18-22)21-38(19-23-6-1-3-13-33-23)20-24-7-2-4-14-34-24/h1-10,13-15,18,26,28,42H,11-12,16-17,19-21H2,(H,37,39)(H,40,41)/t26-,28-/m0/s1. The number of carboxylic acids is 1. The first-order valence-electron chi connectivity index (χ1n) is 14.3. The number of carbonyl (C=O) groups is 2. The van der Waals surface area contributed by atoms with Gasteiger partial charge in [0.25, 0.3) is 0 Å². The number of rotatable bonds is 13. The highest BCUT2D eigenvalue weighted by atomic mass is 32.2. The average Bonchev–Trinajstić information content (AvgIpc) is 3.01. The lowest BCUT2D eigenvalue weighted by Gasteiger charge is -2.30. The summed E-state index contributed by atoms with van der Waals surface area (Å²) >= 11 is 1.30. The van der Waals surface area contributed by atoms with E-state index < -0.39 is 19.2 Å². The summed E-state index contributed by atoms with van der Waals surface area (Å²) in [7, 11) is -1.13. The van der Waals surface area contributed by atoms with E-state index in [0.29, 0.717) is 43.2 Å². The Hall–Kier alpha value is -4.17. The SMILES string of the molecule is O=C(O)C[C@@H]1CC[C@H](Sc2ncccc2NC(=O)Cc2ccc(CN(Cc3ccccn3)Cc3ccccn3)nc2)B(O)O1. The van der Waals surface area contributed by atoms with Gasteiger partial charge in [-0.3, -0.25) is 29.4 Å². The van der Waals surface area contributed by atoms with Crippen molar-refractivity contribution in [1.82, 2.24) is 24.8 Å². The Morgan fingerprint density at radius 2 is 1.57 bits per heavy atom. The van der Waals surface area contributed by atoms with Crippen molar-refractivity contribution in [2.24, 2.45) is 0 Å². The number of thioether (sulfide) groups is 1. The van der Waals surface area contributed by atoms with Gasteiger partial charge in [0.1, 0.15) is 5.03 Å². The van der Waals surface area contributed by atoms with Gasteiger partial charge >= 0.3 is 13.1 Å². The third kappa shape index (κ3) is 9.42. The van der Waals surface area contributed by atoms with E-state index in [9.17, 15) is 14.6 Å². The Morgan fingerprint density at radius 3 is 2.16 bits per heavy atom. The maximum atomic E-state index is 13.0. The zero-order valence-corrected chi connectivity index (χ0v) is 24.8. The van der Waals surface area contributed by atoms with E-state index in [1.165, 1.54) is 11.8 Å². The molecule has 0 spiro atoms. The molecule has 4 aromatic rings. The van der Waals surface area contributed by atoms with Gasteiger partial charge in [-0.25, -0.2) is 4.98 Å². The van der Waals surface area contributed by atoms with Crippen molar-refractivity contribution in [1.29, 1.82) is 0 Å². The zero-order chi connectivity index (χ0) is 30.7. The van der Waals surface area contributed by atoms with Crippen molar-refractivity contribution in [3.05, 3.63) is 108 Å². The molecule has 11 nitrogen and oxygen atoms in total. The molecule has 0 aliphatic carbocycles.